The molecule has 0 saturated carbocycles. The van der Waals surface area contributed by atoms with Gasteiger partial charge in [-0.05, 0) is 11.6 Å². The number of nitrogens with one attached hydrogen (secondary N) is 1. The van der Waals surface area contributed by atoms with Gasteiger partial charge in [-0.25, -0.2) is 17.9 Å². The van der Waals surface area contributed by atoms with Crippen LogP contribution in [-0.2, 0) is 14.8 Å². The van der Waals surface area contributed by atoms with Crippen molar-refractivity contribution in [1.82, 2.24) is 4.72 Å². The predicted molar refractivity (Wildman–Crippen MR) is 64.4 cm³/mol. The molecule has 1 heterocycles. The monoisotopic (exact) mass is 257 g/mol. The molecule has 1 aliphatic rings. The molecule has 0 spiro atoms. The van der Waals surface area contributed by atoms with Gasteiger partial charge < -0.3 is 4.74 Å². The van der Waals surface area contributed by atoms with Gasteiger partial charge in [0.05, 0.1) is 18.4 Å². The molecule has 0 aliphatic carbocycles. The van der Waals surface area contributed by atoms with Crippen LogP contribution in [0, 0.1) is 0 Å². The Morgan fingerprint density at radius 2 is 2.18 bits per heavy atom. The zero-order valence-electron chi connectivity index (χ0n) is 9.34. The molecular formula is C11H15NO4S. The number of ether oxygens (including phenoxy) is 1. The third kappa shape index (κ3) is 2.48. The Hall–Kier alpha value is -1.40. The average Bonchev–Trinajstić information content (AvgIpc) is 2.68. The minimum absolute atomic E-state index is 0. The molecule has 17 heavy (non-hydrogen) atoms. The maximum Gasteiger partial charge on any atom is 0.338 e. The molecular weight excluding hydrogens is 242 g/mol. The van der Waals surface area contributed by atoms with Crippen molar-refractivity contribution in [2.75, 3.05) is 19.4 Å². The minimum atomic E-state index is -3.19. The van der Waals surface area contributed by atoms with Crippen molar-refractivity contribution in [1.29, 1.82) is 0 Å². The van der Waals surface area contributed by atoms with Gasteiger partial charge in [-0.1, -0.05) is 18.2 Å². The van der Waals surface area contributed by atoms with Gasteiger partial charge in [0.1, 0.15) is 0 Å². The second-order valence-corrected chi connectivity index (χ2v) is 5.76. The number of carbonyl (C=O) groups is 1. The summed E-state index contributed by atoms with van der Waals surface area (Å²) in [4.78, 5) is 11.6. The smallest absolute Gasteiger partial charge is 0.338 e. The van der Waals surface area contributed by atoms with Crippen LogP contribution in [0.25, 0.3) is 0 Å². The quantitative estimate of drug-likeness (QED) is 0.793. The Bertz CT molecular complexity index is 544. The molecule has 0 bridgehead atoms. The molecule has 94 valence electrons. The summed E-state index contributed by atoms with van der Waals surface area (Å²) in [5, 5.41) is 0. The summed E-state index contributed by atoms with van der Waals surface area (Å²) < 4.78 is 29.8. The number of rotatable bonds is 2. The maximum atomic E-state index is 11.6. The number of benzene rings is 1. The van der Waals surface area contributed by atoms with Gasteiger partial charge in [0, 0.05) is 13.9 Å². The van der Waals surface area contributed by atoms with Crippen molar-refractivity contribution in [2.24, 2.45) is 0 Å². The van der Waals surface area contributed by atoms with E-state index in [1.165, 1.54) is 7.11 Å². The SMILES string of the molecule is COC(=O)c1ccccc1C1CNS(=O)(=O)C1.[HH]. The Morgan fingerprint density at radius 1 is 1.47 bits per heavy atom. The molecule has 0 amide bonds. The number of hydrogen-bond donors (Lipinski definition) is 1. The van der Waals surface area contributed by atoms with Gasteiger partial charge in [0.2, 0.25) is 10.0 Å². The molecule has 1 N–H and O–H groups in total. The first-order valence-electron chi connectivity index (χ1n) is 5.18. The second-order valence-electron chi connectivity index (χ2n) is 3.91. The highest BCUT2D eigenvalue weighted by Gasteiger charge is 2.30. The maximum absolute atomic E-state index is 11.6. The highest BCUT2D eigenvalue weighted by Crippen LogP contribution is 2.25. The molecule has 1 aliphatic heterocycles. The van der Waals surface area contributed by atoms with E-state index < -0.39 is 16.0 Å². The summed E-state index contributed by atoms with van der Waals surface area (Å²) in [6, 6.07) is 6.92. The summed E-state index contributed by atoms with van der Waals surface area (Å²) >= 11 is 0. The van der Waals surface area contributed by atoms with Gasteiger partial charge in [-0.15, -0.1) is 0 Å². The van der Waals surface area contributed by atoms with E-state index in [1.807, 2.05) is 0 Å². The number of methoxy groups -OCH3 is 1. The molecule has 1 atom stereocenters. The summed E-state index contributed by atoms with van der Waals surface area (Å²) in [6.07, 6.45) is 0. The fraction of sp³-hybridized carbons (Fsp3) is 0.364. The molecule has 0 radical (unpaired) electrons. The zero-order valence-corrected chi connectivity index (χ0v) is 10.2. The zero-order chi connectivity index (χ0) is 12.5. The third-order valence-electron chi connectivity index (χ3n) is 2.78. The van der Waals surface area contributed by atoms with Crippen LogP contribution in [0.15, 0.2) is 24.3 Å². The predicted octanol–water partition coefficient (Wildman–Crippen LogP) is 0.736. The lowest BCUT2D eigenvalue weighted by Gasteiger charge is -2.11. The molecule has 1 unspecified atom stereocenters. The Morgan fingerprint density at radius 3 is 2.76 bits per heavy atom. The van der Waals surface area contributed by atoms with E-state index in [0.29, 0.717) is 17.7 Å². The third-order valence-corrected chi connectivity index (χ3v) is 4.22. The van der Waals surface area contributed by atoms with Gasteiger partial charge in [-0.3, -0.25) is 0 Å². The molecule has 1 aromatic rings. The lowest BCUT2D eigenvalue weighted by atomic mass is 9.96. The minimum Gasteiger partial charge on any atom is -0.465 e. The number of hydrogen-bond acceptors (Lipinski definition) is 4. The van der Waals surface area contributed by atoms with Crippen molar-refractivity contribution in [2.45, 2.75) is 5.92 Å². The average molecular weight is 257 g/mol. The fourth-order valence-corrected chi connectivity index (χ4v) is 3.36. The van der Waals surface area contributed by atoms with Crippen LogP contribution in [0.5, 0.6) is 0 Å². The van der Waals surface area contributed by atoms with Crippen molar-refractivity contribution in [3.63, 3.8) is 0 Å². The molecule has 1 aromatic carbocycles. The van der Waals surface area contributed by atoms with E-state index in [4.69, 9.17) is 0 Å². The first kappa shape index (κ1) is 12.1. The normalized spacial score (nSPS) is 22.3. The number of esters is 1. The largest absolute Gasteiger partial charge is 0.465 e. The van der Waals surface area contributed by atoms with Crippen LogP contribution in [0.3, 0.4) is 0 Å². The Kier molecular flexibility index (Phi) is 3.17. The van der Waals surface area contributed by atoms with Gasteiger partial charge in [0.25, 0.3) is 0 Å². The molecule has 5 nitrogen and oxygen atoms in total. The molecule has 6 heteroatoms. The molecule has 1 fully saturated rings. The number of carbonyl (C=O) groups excluding carboxylic acids is 1. The lowest BCUT2D eigenvalue weighted by molar-refractivity contribution is 0.0599. The highest BCUT2D eigenvalue weighted by molar-refractivity contribution is 7.89. The molecule has 2 rings (SSSR count). The fourth-order valence-electron chi connectivity index (χ4n) is 1.96. The van der Waals surface area contributed by atoms with E-state index >= 15 is 0 Å². The standard InChI is InChI=1S/C11H13NO4S.H2/c1-16-11(13)10-5-3-2-4-9(10)8-6-12-17(14,15)7-8;/h2-5,8,12H,6-7H2,1H3;1H. The van der Waals surface area contributed by atoms with Crippen molar-refractivity contribution >= 4 is 16.0 Å². The van der Waals surface area contributed by atoms with Crippen molar-refractivity contribution in [3.05, 3.63) is 35.4 Å². The first-order chi connectivity index (χ1) is 8.03. The van der Waals surface area contributed by atoms with Crippen molar-refractivity contribution < 1.29 is 19.4 Å². The Labute approximate surface area is 101 Å². The second kappa shape index (κ2) is 4.46. The van der Waals surface area contributed by atoms with Crippen LogP contribution in [0.1, 0.15) is 23.3 Å². The van der Waals surface area contributed by atoms with Gasteiger partial charge in [0.15, 0.2) is 0 Å². The van der Waals surface area contributed by atoms with Crippen molar-refractivity contribution in [3.8, 4) is 0 Å². The van der Waals surface area contributed by atoms with Gasteiger partial charge >= 0.3 is 5.97 Å². The van der Waals surface area contributed by atoms with E-state index in [0.717, 1.165) is 0 Å². The molecule has 0 aromatic heterocycles. The molecule has 1 saturated heterocycles. The van der Waals surface area contributed by atoms with E-state index in [1.54, 1.807) is 24.3 Å². The van der Waals surface area contributed by atoms with E-state index in [9.17, 15) is 13.2 Å². The van der Waals surface area contributed by atoms with Crippen LogP contribution in [-0.4, -0.2) is 33.8 Å². The van der Waals surface area contributed by atoms with Crippen LogP contribution in [0.2, 0.25) is 0 Å². The summed E-state index contributed by atoms with van der Waals surface area (Å²) in [5.41, 5.74) is 1.15. The number of sulfonamides is 1. The first-order valence-corrected chi connectivity index (χ1v) is 6.83. The summed E-state index contributed by atoms with van der Waals surface area (Å²) in [5.74, 6) is -0.624. The van der Waals surface area contributed by atoms with E-state index in [2.05, 4.69) is 9.46 Å². The highest BCUT2D eigenvalue weighted by atomic mass is 32.2. The topological polar surface area (TPSA) is 72.5 Å². The van der Waals surface area contributed by atoms with Crippen LogP contribution >= 0.6 is 0 Å². The summed E-state index contributed by atoms with van der Waals surface area (Å²) in [7, 11) is -1.89. The lowest BCUT2D eigenvalue weighted by Crippen LogP contribution is -2.15. The van der Waals surface area contributed by atoms with Crippen LogP contribution < -0.4 is 4.72 Å². The Balaban J connectivity index is 0.00000162. The van der Waals surface area contributed by atoms with Gasteiger partial charge in [-0.2, -0.15) is 0 Å². The van der Waals surface area contributed by atoms with Crippen LogP contribution in [0.4, 0.5) is 0 Å². The summed E-state index contributed by atoms with van der Waals surface area (Å²) in [6.45, 7) is 0.330. The van der Waals surface area contributed by atoms with E-state index in [-0.39, 0.29) is 13.1 Å².